The zero-order valence-corrected chi connectivity index (χ0v) is 16.5. The highest BCUT2D eigenvalue weighted by Gasteiger charge is 2.26. The number of benzene rings is 1. The fraction of sp³-hybridized carbons (Fsp3) is 0.316. The predicted octanol–water partition coefficient (Wildman–Crippen LogP) is 4.26. The van der Waals surface area contributed by atoms with Gasteiger partial charge in [0, 0.05) is 4.88 Å². The highest BCUT2D eigenvalue weighted by molar-refractivity contribution is 7.80. The van der Waals surface area contributed by atoms with Crippen LogP contribution in [0.2, 0.25) is 0 Å². The molecule has 0 fully saturated rings. The fourth-order valence-corrected chi connectivity index (χ4v) is 4.42. The van der Waals surface area contributed by atoms with Gasteiger partial charge >= 0.3 is 5.97 Å². The summed E-state index contributed by atoms with van der Waals surface area (Å²) in [6.45, 7) is 2.12. The van der Waals surface area contributed by atoms with E-state index in [4.69, 9.17) is 17.0 Å². The topological polar surface area (TPSA) is 62.7 Å². The molecule has 0 saturated carbocycles. The number of hydrogen-bond donors (Lipinski definition) is 2. The van der Waals surface area contributed by atoms with Crippen LogP contribution < -0.4 is 10.7 Å². The SMILES string of the molecule is CCOC(=O)c1c(NC(=S)NN=Cc2ccc(F)cc2)sc2c1CCCC2. The number of rotatable bonds is 5. The third-order valence-corrected chi connectivity index (χ3v) is 5.53. The van der Waals surface area contributed by atoms with Crippen LogP contribution in [0.15, 0.2) is 29.4 Å². The lowest BCUT2D eigenvalue weighted by Crippen LogP contribution is -2.24. The summed E-state index contributed by atoms with van der Waals surface area (Å²) in [5.74, 6) is -0.623. The quantitative estimate of drug-likeness (QED) is 0.337. The van der Waals surface area contributed by atoms with Gasteiger partial charge in [0.1, 0.15) is 10.8 Å². The van der Waals surface area contributed by atoms with Crippen molar-refractivity contribution < 1.29 is 13.9 Å². The summed E-state index contributed by atoms with van der Waals surface area (Å²) < 4.78 is 18.1. The van der Waals surface area contributed by atoms with Crippen molar-refractivity contribution in [3.63, 3.8) is 0 Å². The molecule has 2 N–H and O–H groups in total. The molecule has 0 atom stereocenters. The molecule has 8 heteroatoms. The Morgan fingerprint density at radius 2 is 2.07 bits per heavy atom. The molecule has 0 bridgehead atoms. The Kier molecular flexibility index (Phi) is 6.52. The Morgan fingerprint density at radius 1 is 1.33 bits per heavy atom. The Labute approximate surface area is 166 Å². The van der Waals surface area contributed by atoms with E-state index >= 15 is 0 Å². The van der Waals surface area contributed by atoms with Crippen molar-refractivity contribution >= 4 is 45.9 Å². The number of hydrazone groups is 1. The van der Waals surface area contributed by atoms with Crippen LogP contribution in [-0.4, -0.2) is 23.9 Å². The molecule has 0 unspecified atom stereocenters. The lowest BCUT2D eigenvalue weighted by molar-refractivity contribution is 0.0526. The van der Waals surface area contributed by atoms with Crippen molar-refractivity contribution in [1.82, 2.24) is 5.43 Å². The first-order valence-corrected chi connectivity index (χ1v) is 9.98. The molecule has 1 aliphatic rings. The van der Waals surface area contributed by atoms with Gasteiger partial charge in [0.25, 0.3) is 0 Å². The third kappa shape index (κ3) is 4.90. The van der Waals surface area contributed by atoms with Crippen LogP contribution in [0.5, 0.6) is 0 Å². The number of carbonyl (C=O) groups excluding carboxylic acids is 1. The summed E-state index contributed by atoms with van der Waals surface area (Å²) in [5.41, 5.74) is 5.12. The van der Waals surface area contributed by atoms with Crippen LogP contribution in [0.1, 0.15) is 46.1 Å². The molecule has 2 aromatic rings. The average molecular weight is 406 g/mol. The van der Waals surface area contributed by atoms with Crippen molar-refractivity contribution in [2.24, 2.45) is 5.10 Å². The van der Waals surface area contributed by atoms with Gasteiger partial charge in [0.2, 0.25) is 0 Å². The number of halogens is 1. The molecule has 0 radical (unpaired) electrons. The molecule has 1 aromatic heterocycles. The minimum absolute atomic E-state index is 0.275. The number of thiocarbonyl (C=S) groups is 1. The summed E-state index contributed by atoms with van der Waals surface area (Å²) >= 11 is 6.83. The first-order valence-electron chi connectivity index (χ1n) is 8.75. The number of carbonyl (C=O) groups is 1. The maximum absolute atomic E-state index is 12.9. The van der Waals surface area contributed by atoms with E-state index in [2.05, 4.69) is 15.8 Å². The first-order chi connectivity index (χ1) is 13.1. The number of ether oxygens (including phenoxy) is 1. The third-order valence-electron chi connectivity index (χ3n) is 4.13. The van der Waals surface area contributed by atoms with Crippen molar-refractivity contribution in [2.45, 2.75) is 32.6 Å². The number of nitrogens with zero attached hydrogens (tertiary/aromatic N) is 1. The highest BCUT2D eigenvalue weighted by Crippen LogP contribution is 2.38. The van der Waals surface area contributed by atoms with Crippen molar-refractivity contribution in [3.8, 4) is 0 Å². The van der Waals surface area contributed by atoms with E-state index in [1.54, 1.807) is 36.6 Å². The fourth-order valence-electron chi connectivity index (χ4n) is 2.92. The Bertz CT molecular complexity index is 863. The van der Waals surface area contributed by atoms with E-state index in [0.717, 1.165) is 36.8 Å². The molecular weight excluding hydrogens is 385 g/mol. The number of anilines is 1. The molecule has 5 nitrogen and oxygen atoms in total. The lowest BCUT2D eigenvalue weighted by atomic mass is 9.95. The summed E-state index contributed by atoms with van der Waals surface area (Å²) in [4.78, 5) is 13.6. The van der Waals surface area contributed by atoms with Gasteiger partial charge in [-0.05, 0) is 68.1 Å². The molecule has 1 heterocycles. The molecule has 1 aliphatic carbocycles. The van der Waals surface area contributed by atoms with Gasteiger partial charge in [-0.3, -0.25) is 5.43 Å². The smallest absolute Gasteiger partial charge is 0.341 e. The molecule has 0 saturated heterocycles. The minimum Gasteiger partial charge on any atom is -0.462 e. The van der Waals surface area contributed by atoms with Crippen LogP contribution in [0, 0.1) is 5.82 Å². The van der Waals surface area contributed by atoms with Crippen LogP contribution >= 0.6 is 23.6 Å². The minimum atomic E-state index is -0.322. The largest absolute Gasteiger partial charge is 0.462 e. The number of nitrogens with one attached hydrogen (secondary N) is 2. The summed E-state index contributed by atoms with van der Waals surface area (Å²) in [5, 5.41) is 8.08. The van der Waals surface area contributed by atoms with Crippen molar-refractivity contribution in [1.29, 1.82) is 0 Å². The molecule has 0 spiro atoms. The normalized spacial score (nSPS) is 13.3. The van der Waals surface area contributed by atoms with Crippen LogP contribution in [-0.2, 0) is 17.6 Å². The number of aryl methyl sites for hydroxylation is 1. The predicted molar refractivity (Wildman–Crippen MR) is 110 cm³/mol. The van der Waals surface area contributed by atoms with Gasteiger partial charge in [-0.2, -0.15) is 5.10 Å². The van der Waals surface area contributed by atoms with E-state index < -0.39 is 0 Å². The van der Waals surface area contributed by atoms with Gasteiger partial charge in [0.15, 0.2) is 5.11 Å². The van der Waals surface area contributed by atoms with Crippen LogP contribution in [0.4, 0.5) is 9.39 Å². The Morgan fingerprint density at radius 3 is 2.81 bits per heavy atom. The molecule has 0 amide bonds. The van der Waals surface area contributed by atoms with Gasteiger partial charge in [-0.1, -0.05) is 12.1 Å². The zero-order chi connectivity index (χ0) is 19.2. The van der Waals surface area contributed by atoms with E-state index in [1.165, 1.54) is 17.0 Å². The standard InChI is InChI=1S/C19H20FN3O2S2/c1-2-25-18(24)16-14-5-3-4-6-15(14)27-17(16)22-19(26)23-21-11-12-7-9-13(20)10-8-12/h7-11H,2-6H2,1H3,(H2,22,23,26). The van der Waals surface area contributed by atoms with Gasteiger partial charge in [0.05, 0.1) is 18.4 Å². The second-order valence-electron chi connectivity index (χ2n) is 6.01. The second-order valence-corrected chi connectivity index (χ2v) is 7.52. The van der Waals surface area contributed by atoms with Crippen molar-refractivity contribution in [3.05, 3.63) is 51.7 Å². The summed E-state index contributed by atoms with van der Waals surface area (Å²) in [6, 6.07) is 5.95. The second kappa shape index (κ2) is 9.05. The lowest BCUT2D eigenvalue weighted by Gasteiger charge is -2.12. The van der Waals surface area contributed by atoms with E-state index in [-0.39, 0.29) is 16.9 Å². The molecule has 0 aliphatic heterocycles. The first kappa shape index (κ1) is 19.4. The van der Waals surface area contributed by atoms with Crippen LogP contribution in [0.3, 0.4) is 0 Å². The summed E-state index contributed by atoms with van der Waals surface area (Å²) in [6.07, 6.45) is 5.58. The van der Waals surface area contributed by atoms with E-state index in [9.17, 15) is 9.18 Å². The van der Waals surface area contributed by atoms with Gasteiger partial charge < -0.3 is 10.1 Å². The number of thiophene rings is 1. The molecule has 142 valence electrons. The Balaban J connectivity index is 1.70. The number of hydrogen-bond acceptors (Lipinski definition) is 5. The maximum atomic E-state index is 12.9. The monoisotopic (exact) mass is 405 g/mol. The number of fused-ring (bicyclic) bond motifs is 1. The highest BCUT2D eigenvalue weighted by atomic mass is 32.1. The number of esters is 1. The average Bonchev–Trinajstić information content (AvgIpc) is 3.01. The molecule has 1 aromatic carbocycles. The van der Waals surface area contributed by atoms with Crippen molar-refractivity contribution in [2.75, 3.05) is 11.9 Å². The molecule has 27 heavy (non-hydrogen) atoms. The van der Waals surface area contributed by atoms with Crippen LogP contribution in [0.25, 0.3) is 0 Å². The van der Waals surface area contributed by atoms with Gasteiger partial charge in [-0.15, -0.1) is 11.3 Å². The molecular formula is C19H20FN3O2S2. The van der Waals surface area contributed by atoms with E-state index in [1.807, 2.05) is 0 Å². The molecule has 3 rings (SSSR count). The summed E-state index contributed by atoms with van der Waals surface area (Å²) in [7, 11) is 0. The van der Waals surface area contributed by atoms with Gasteiger partial charge in [-0.25, -0.2) is 9.18 Å². The maximum Gasteiger partial charge on any atom is 0.341 e. The zero-order valence-electron chi connectivity index (χ0n) is 14.9. The Hall–Kier alpha value is -2.32. The van der Waals surface area contributed by atoms with E-state index in [0.29, 0.717) is 17.2 Å².